The SMILES string of the molecule is COc1ccc(CN2CCN(CCOC3CCCCC3C)CC2)cc1OC. The molecular weight excluding hydrogens is 340 g/mol. The molecule has 3 rings (SSSR count). The zero-order chi connectivity index (χ0) is 19.1. The smallest absolute Gasteiger partial charge is 0.161 e. The first-order valence-corrected chi connectivity index (χ1v) is 10.5. The first-order chi connectivity index (χ1) is 13.2. The second kappa shape index (κ2) is 10.3. The van der Waals surface area contributed by atoms with Crippen LogP contribution in [0.15, 0.2) is 18.2 Å². The van der Waals surface area contributed by atoms with E-state index in [-0.39, 0.29) is 0 Å². The third-order valence-corrected chi connectivity index (χ3v) is 6.09. The van der Waals surface area contributed by atoms with Gasteiger partial charge in [0.05, 0.1) is 26.9 Å². The highest BCUT2D eigenvalue weighted by Crippen LogP contribution is 2.28. The van der Waals surface area contributed by atoms with Crippen molar-refractivity contribution in [2.75, 3.05) is 53.6 Å². The molecule has 5 nitrogen and oxygen atoms in total. The van der Waals surface area contributed by atoms with Crippen molar-refractivity contribution in [3.05, 3.63) is 23.8 Å². The van der Waals surface area contributed by atoms with Crippen LogP contribution >= 0.6 is 0 Å². The second-order valence-corrected chi connectivity index (χ2v) is 7.98. The fourth-order valence-corrected chi connectivity index (χ4v) is 4.27. The molecule has 1 saturated carbocycles. The molecule has 0 N–H and O–H groups in total. The second-order valence-electron chi connectivity index (χ2n) is 7.98. The van der Waals surface area contributed by atoms with Gasteiger partial charge in [0.15, 0.2) is 11.5 Å². The highest BCUT2D eigenvalue weighted by atomic mass is 16.5. The summed E-state index contributed by atoms with van der Waals surface area (Å²) in [6, 6.07) is 6.21. The summed E-state index contributed by atoms with van der Waals surface area (Å²) in [5.41, 5.74) is 1.27. The first kappa shape index (κ1) is 20.4. The van der Waals surface area contributed by atoms with Gasteiger partial charge in [-0.15, -0.1) is 0 Å². The lowest BCUT2D eigenvalue weighted by atomic mass is 9.88. The van der Waals surface area contributed by atoms with Crippen LogP contribution in [0.4, 0.5) is 0 Å². The molecule has 0 bridgehead atoms. The Morgan fingerprint density at radius 3 is 2.33 bits per heavy atom. The maximum absolute atomic E-state index is 6.19. The lowest BCUT2D eigenvalue weighted by molar-refractivity contribution is -0.0182. The van der Waals surface area contributed by atoms with Crippen LogP contribution in [-0.4, -0.2) is 69.5 Å². The molecule has 152 valence electrons. The molecule has 0 aromatic heterocycles. The van der Waals surface area contributed by atoms with Gasteiger partial charge >= 0.3 is 0 Å². The molecule has 2 atom stereocenters. The van der Waals surface area contributed by atoms with Crippen LogP contribution in [0, 0.1) is 5.92 Å². The Balaban J connectivity index is 1.37. The molecule has 1 aromatic carbocycles. The molecule has 1 aliphatic heterocycles. The van der Waals surface area contributed by atoms with Gasteiger partial charge in [0.1, 0.15) is 0 Å². The third kappa shape index (κ3) is 5.84. The van der Waals surface area contributed by atoms with E-state index in [1.165, 1.54) is 31.2 Å². The van der Waals surface area contributed by atoms with Crippen molar-refractivity contribution in [1.82, 2.24) is 9.80 Å². The van der Waals surface area contributed by atoms with E-state index in [9.17, 15) is 0 Å². The minimum atomic E-state index is 0.491. The molecule has 1 heterocycles. The van der Waals surface area contributed by atoms with Crippen molar-refractivity contribution < 1.29 is 14.2 Å². The van der Waals surface area contributed by atoms with Crippen LogP contribution in [0.3, 0.4) is 0 Å². The molecule has 1 saturated heterocycles. The predicted molar refractivity (Wildman–Crippen MR) is 109 cm³/mol. The van der Waals surface area contributed by atoms with E-state index in [2.05, 4.69) is 28.9 Å². The van der Waals surface area contributed by atoms with E-state index >= 15 is 0 Å². The van der Waals surface area contributed by atoms with E-state index in [4.69, 9.17) is 14.2 Å². The molecule has 5 heteroatoms. The van der Waals surface area contributed by atoms with Crippen molar-refractivity contribution in [2.45, 2.75) is 45.3 Å². The van der Waals surface area contributed by atoms with Crippen molar-refractivity contribution in [1.29, 1.82) is 0 Å². The topological polar surface area (TPSA) is 34.2 Å². The summed E-state index contributed by atoms with van der Waals surface area (Å²) in [5, 5.41) is 0. The van der Waals surface area contributed by atoms with E-state index < -0.39 is 0 Å². The standard InChI is InChI=1S/C22H36N2O3/c1-18-6-4-5-7-20(18)27-15-14-23-10-12-24(13-11-23)17-19-8-9-21(25-2)22(16-19)26-3/h8-9,16,18,20H,4-7,10-15,17H2,1-3H3. The summed E-state index contributed by atoms with van der Waals surface area (Å²) in [7, 11) is 3.37. The van der Waals surface area contributed by atoms with Gasteiger partial charge < -0.3 is 14.2 Å². The quantitative estimate of drug-likeness (QED) is 0.694. The Kier molecular flexibility index (Phi) is 7.80. The third-order valence-electron chi connectivity index (χ3n) is 6.09. The summed E-state index contributed by atoms with van der Waals surface area (Å²) in [4.78, 5) is 5.06. The highest BCUT2D eigenvalue weighted by molar-refractivity contribution is 5.42. The molecular formula is C22H36N2O3. The average Bonchev–Trinajstić information content (AvgIpc) is 2.70. The number of hydrogen-bond donors (Lipinski definition) is 0. The van der Waals surface area contributed by atoms with Crippen LogP contribution in [0.25, 0.3) is 0 Å². The van der Waals surface area contributed by atoms with Crippen molar-refractivity contribution in [3.8, 4) is 11.5 Å². The van der Waals surface area contributed by atoms with Gasteiger partial charge in [-0.25, -0.2) is 0 Å². The Labute approximate surface area is 164 Å². The molecule has 1 aromatic rings. The van der Waals surface area contributed by atoms with Gasteiger partial charge in [0.25, 0.3) is 0 Å². The highest BCUT2D eigenvalue weighted by Gasteiger charge is 2.22. The summed E-state index contributed by atoms with van der Waals surface area (Å²) in [5.74, 6) is 2.33. The lowest BCUT2D eigenvalue weighted by Crippen LogP contribution is -2.47. The van der Waals surface area contributed by atoms with Crippen LogP contribution in [-0.2, 0) is 11.3 Å². The first-order valence-electron chi connectivity index (χ1n) is 10.5. The zero-order valence-electron chi connectivity index (χ0n) is 17.3. The summed E-state index contributed by atoms with van der Waals surface area (Å²) in [6.07, 6.45) is 5.79. The maximum Gasteiger partial charge on any atom is 0.161 e. The number of nitrogens with zero attached hydrogens (tertiary/aromatic N) is 2. The predicted octanol–water partition coefficient (Wildman–Crippen LogP) is 3.42. The monoisotopic (exact) mass is 376 g/mol. The molecule has 0 radical (unpaired) electrons. The van der Waals surface area contributed by atoms with Gasteiger partial charge in [-0.05, 0) is 36.5 Å². The van der Waals surface area contributed by atoms with Crippen molar-refractivity contribution in [3.63, 3.8) is 0 Å². The Morgan fingerprint density at radius 1 is 0.926 bits per heavy atom. The molecule has 0 amide bonds. The van der Waals surface area contributed by atoms with Gasteiger partial charge in [-0.2, -0.15) is 0 Å². The lowest BCUT2D eigenvalue weighted by Gasteiger charge is -2.35. The van der Waals surface area contributed by atoms with Crippen LogP contribution in [0.2, 0.25) is 0 Å². The van der Waals surface area contributed by atoms with Gasteiger partial charge in [-0.1, -0.05) is 25.8 Å². The Morgan fingerprint density at radius 2 is 1.63 bits per heavy atom. The van der Waals surface area contributed by atoms with Crippen molar-refractivity contribution >= 4 is 0 Å². The summed E-state index contributed by atoms with van der Waals surface area (Å²) >= 11 is 0. The molecule has 0 spiro atoms. The number of rotatable bonds is 8. The van der Waals surface area contributed by atoms with E-state index in [1.807, 2.05) is 6.07 Å². The maximum atomic E-state index is 6.19. The number of hydrogen-bond acceptors (Lipinski definition) is 5. The van der Waals surface area contributed by atoms with Gasteiger partial charge in [-0.3, -0.25) is 9.80 Å². The normalized spacial score (nSPS) is 24.7. The molecule has 2 aliphatic rings. The fourth-order valence-electron chi connectivity index (χ4n) is 4.27. The fraction of sp³-hybridized carbons (Fsp3) is 0.727. The summed E-state index contributed by atoms with van der Waals surface area (Å²) in [6.45, 7) is 9.70. The number of methoxy groups -OCH3 is 2. The zero-order valence-corrected chi connectivity index (χ0v) is 17.3. The van der Waals surface area contributed by atoms with Crippen molar-refractivity contribution in [2.24, 2.45) is 5.92 Å². The van der Waals surface area contributed by atoms with E-state index in [0.29, 0.717) is 6.10 Å². The molecule has 2 unspecified atom stereocenters. The van der Waals surface area contributed by atoms with Crippen LogP contribution in [0.1, 0.15) is 38.2 Å². The molecule has 1 aliphatic carbocycles. The molecule has 2 fully saturated rings. The largest absolute Gasteiger partial charge is 0.493 e. The van der Waals surface area contributed by atoms with Gasteiger partial charge in [0, 0.05) is 39.3 Å². The summed E-state index contributed by atoms with van der Waals surface area (Å²) < 4.78 is 16.9. The van der Waals surface area contributed by atoms with E-state index in [0.717, 1.165) is 63.3 Å². The van der Waals surface area contributed by atoms with Crippen LogP contribution in [0.5, 0.6) is 11.5 Å². The van der Waals surface area contributed by atoms with Crippen LogP contribution < -0.4 is 9.47 Å². The van der Waals surface area contributed by atoms with E-state index in [1.54, 1.807) is 14.2 Å². The average molecular weight is 377 g/mol. The molecule has 27 heavy (non-hydrogen) atoms. The number of ether oxygens (including phenoxy) is 3. The minimum absolute atomic E-state index is 0.491. The van der Waals surface area contributed by atoms with Gasteiger partial charge in [0.2, 0.25) is 0 Å². The number of benzene rings is 1. The Bertz CT molecular complexity index is 573. The number of piperazine rings is 1. The Hall–Kier alpha value is -1.30. The minimum Gasteiger partial charge on any atom is -0.493 e.